The number of aryl methyl sites for hydroxylation is 1. The number of fused-ring (bicyclic) bond motifs is 1. The first kappa shape index (κ1) is 22.2. The largest absolute Gasteiger partial charge is 0.492 e. The highest BCUT2D eigenvalue weighted by atomic mass is 32.2. The standard InChI is InChI=1S/C23H30FN3O3S/c1-17-12-21(5-6-22(17)24)31(28,29)27-15-20-13-19(4-7-23(20)30-16-18(27)2)14-26-10-8-25(3)9-11-26/h4-7,12-13,18H,8-11,14-16H2,1-3H3/t18-/m0/s1. The summed E-state index contributed by atoms with van der Waals surface area (Å²) in [7, 11) is -1.66. The lowest BCUT2D eigenvalue weighted by Gasteiger charge is -2.32. The van der Waals surface area contributed by atoms with E-state index in [-0.39, 0.29) is 24.1 Å². The number of rotatable bonds is 4. The Kier molecular flexibility index (Phi) is 6.35. The molecule has 4 rings (SSSR count). The zero-order valence-corrected chi connectivity index (χ0v) is 19.2. The van der Waals surface area contributed by atoms with Gasteiger partial charge in [-0.05, 0) is 62.4 Å². The number of sulfonamides is 1. The Morgan fingerprint density at radius 2 is 1.84 bits per heavy atom. The number of benzene rings is 2. The average Bonchev–Trinajstić information content (AvgIpc) is 2.91. The number of piperazine rings is 1. The topological polar surface area (TPSA) is 53.1 Å². The summed E-state index contributed by atoms with van der Waals surface area (Å²) in [4.78, 5) is 4.84. The van der Waals surface area contributed by atoms with Crippen molar-refractivity contribution in [2.75, 3.05) is 39.8 Å². The Morgan fingerprint density at radius 1 is 1.10 bits per heavy atom. The van der Waals surface area contributed by atoms with Crippen LogP contribution in [-0.2, 0) is 23.1 Å². The number of hydrogen-bond acceptors (Lipinski definition) is 5. The van der Waals surface area contributed by atoms with E-state index in [1.807, 2.05) is 13.0 Å². The number of nitrogens with zero attached hydrogens (tertiary/aromatic N) is 3. The third-order valence-corrected chi connectivity index (χ3v) is 8.12. The van der Waals surface area contributed by atoms with Gasteiger partial charge in [-0.3, -0.25) is 4.90 Å². The van der Waals surface area contributed by atoms with E-state index in [1.54, 1.807) is 6.92 Å². The summed E-state index contributed by atoms with van der Waals surface area (Å²) >= 11 is 0. The summed E-state index contributed by atoms with van der Waals surface area (Å²) in [6.07, 6.45) is 0. The van der Waals surface area contributed by atoms with Crippen LogP contribution >= 0.6 is 0 Å². The minimum atomic E-state index is -3.79. The van der Waals surface area contributed by atoms with Crippen LogP contribution in [0.4, 0.5) is 4.39 Å². The van der Waals surface area contributed by atoms with Gasteiger partial charge in [0.2, 0.25) is 10.0 Å². The molecule has 1 saturated heterocycles. The predicted molar refractivity (Wildman–Crippen MR) is 118 cm³/mol. The van der Waals surface area contributed by atoms with Crippen molar-refractivity contribution in [3.05, 3.63) is 58.9 Å². The molecule has 1 fully saturated rings. The molecular formula is C23H30FN3O3S. The van der Waals surface area contributed by atoms with Gasteiger partial charge in [0.15, 0.2) is 0 Å². The van der Waals surface area contributed by atoms with Crippen molar-refractivity contribution >= 4 is 10.0 Å². The molecule has 2 aromatic carbocycles. The highest BCUT2D eigenvalue weighted by Gasteiger charge is 2.33. The van der Waals surface area contributed by atoms with E-state index in [0.717, 1.165) is 49.6 Å². The van der Waals surface area contributed by atoms with Crippen molar-refractivity contribution in [1.82, 2.24) is 14.1 Å². The molecule has 8 heteroatoms. The average molecular weight is 448 g/mol. The second-order valence-corrected chi connectivity index (χ2v) is 10.5. The van der Waals surface area contributed by atoms with Crippen LogP contribution in [-0.4, -0.2) is 68.4 Å². The summed E-state index contributed by atoms with van der Waals surface area (Å²) < 4.78 is 47.9. The lowest BCUT2D eigenvalue weighted by Crippen LogP contribution is -2.43. The van der Waals surface area contributed by atoms with Gasteiger partial charge in [0, 0.05) is 44.8 Å². The fourth-order valence-electron chi connectivity index (χ4n) is 4.11. The van der Waals surface area contributed by atoms with Gasteiger partial charge in [-0.2, -0.15) is 4.31 Å². The summed E-state index contributed by atoms with van der Waals surface area (Å²) in [5.74, 6) is 0.312. The Labute approximate surface area is 184 Å². The molecule has 0 N–H and O–H groups in total. The first-order valence-electron chi connectivity index (χ1n) is 10.7. The van der Waals surface area contributed by atoms with Gasteiger partial charge in [-0.15, -0.1) is 0 Å². The molecule has 1 atom stereocenters. The molecule has 0 amide bonds. The minimum absolute atomic E-state index is 0.107. The molecule has 0 bridgehead atoms. The van der Waals surface area contributed by atoms with Gasteiger partial charge in [0.25, 0.3) is 0 Å². The number of halogens is 1. The van der Waals surface area contributed by atoms with Crippen molar-refractivity contribution in [3.8, 4) is 5.75 Å². The monoisotopic (exact) mass is 447 g/mol. The molecule has 6 nitrogen and oxygen atoms in total. The number of hydrogen-bond donors (Lipinski definition) is 0. The lowest BCUT2D eigenvalue weighted by atomic mass is 10.1. The van der Waals surface area contributed by atoms with Crippen LogP contribution in [0, 0.1) is 12.7 Å². The number of ether oxygens (including phenoxy) is 1. The van der Waals surface area contributed by atoms with Crippen LogP contribution in [0.1, 0.15) is 23.6 Å². The van der Waals surface area contributed by atoms with Gasteiger partial charge in [-0.25, -0.2) is 12.8 Å². The van der Waals surface area contributed by atoms with E-state index >= 15 is 0 Å². The van der Waals surface area contributed by atoms with E-state index in [2.05, 4.69) is 29.0 Å². The zero-order chi connectivity index (χ0) is 22.2. The molecule has 2 heterocycles. The van der Waals surface area contributed by atoms with E-state index < -0.39 is 15.8 Å². The van der Waals surface area contributed by atoms with E-state index in [0.29, 0.717) is 5.56 Å². The molecule has 0 radical (unpaired) electrons. The maximum Gasteiger partial charge on any atom is 0.243 e. The van der Waals surface area contributed by atoms with Gasteiger partial charge in [-0.1, -0.05) is 6.07 Å². The summed E-state index contributed by atoms with van der Waals surface area (Å²) in [5.41, 5.74) is 2.32. The normalized spacial score (nSPS) is 21.4. The van der Waals surface area contributed by atoms with Crippen molar-refractivity contribution in [1.29, 1.82) is 0 Å². The molecule has 0 unspecified atom stereocenters. The second-order valence-electron chi connectivity index (χ2n) is 8.64. The van der Waals surface area contributed by atoms with Crippen LogP contribution in [0.3, 0.4) is 0 Å². The third kappa shape index (κ3) is 4.77. The molecule has 0 spiro atoms. The Hall–Kier alpha value is -2.00. The summed E-state index contributed by atoms with van der Waals surface area (Å²) in [6.45, 7) is 8.88. The van der Waals surface area contributed by atoms with Gasteiger partial charge < -0.3 is 9.64 Å². The summed E-state index contributed by atoms with van der Waals surface area (Å²) in [6, 6.07) is 9.67. The molecule has 2 aliphatic heterocycles. The van der Waals surface area contributed by atoms with E-state index in [4.69, 9.17) is 4.74 Å². The predicted octanol–water partition coefficient (Wildman–Crippen LogP) is 2.85. The van der Waals surface area contributed by atoms with E-state index in [9.17, 15) is 12.8 Å². The van der Waals surface area contributed by atoms with Gasteiger partial charge >= 0.3 is 0 Å². The first-order chi connectivity index (χ1) is 14.7. The third-order valence-electron chi connectivity index (χ3n) is 6.16. The molecule has 0 aliphatic carbocycles. The molecule has 168 valence electrons. The fraction of sp³-hybridized carbons (Fsp3) is 0.478. The smallest absolute Gasteiger partial charge is 0.243 e. The molecule has 0 aromatic heterocycles. The number of likely N-dealkylation sites (N-methyl/N-ethyl adjacent to an activating group) is 1. The van der Waals surface area contributed by atoms with Gasteiger partial charge in [0.05, 0.1) is 10.9 Å². The molecule has 2 aliphatic rings. The van der Waals surface area contributed by atoms with Gasteiger partial charge in [0.1, 0.15) is 18.2 Å². The minimum Gasteiger partial charge on any atom is -0.492 e. The van der Waals surface area contributed by atoms with Crippen molar-refractivity contribution in [2.24, 2.45) is 0 Å². The molecular weight excluding hydrogens is 417 g/mol. The van der Waals surface area contributed by atoms with Crippen LogP contribution in [0.15, 0.2) is 41.3 Å². The highest BCUT2D eigenvalue weighted by Crippen LogP contribution is 2.31. The summed E-state index contributed by atoms with van der Waals surface area (Å²) in [5, 5.41) is 0. The Morgan fingerprint density at radius 3 is 2.55 bits per heavy atom. The second kappa shape index (κ2) is 8.86. The SMILES string of the molecule is Cc1cc(S(=O)(=O)N2Cc3cc(CN4CCN(C)CC4)ccc3OC[C@@H]2C)ccc1F. The molecule has 2 aromatic rings. The first-order valence-corrected chi connectivity index (χ1v) is 12.1. The fourth-order valence-corrected chi connectivity index (χ4v) is 5.79. The van der Waals surface area contributed by atoms with Crippen molar-refractivity contribution in [3.63, 3.8) is 0 Å². The highest BCUT2D eigenvalue weighted by molar-refractivity contribution is 7.89. The lowest BCUT2D eigenvalue weighted by molar-refractivity contribution is 0.148. The van der Waals surface area contributed by atoms with E-state index in [1.165, 1.54) is 22.5 Å². The Bertz CT molecular complexity index is 1050. The maximum absolute atomic E-state index is 13.7. The maximum atomic E-state index is 13.7. The molecule has 0 saturated carbocycles. The van der Waals surface area contributed by atoms with Crippen LogP contribution in [0.25, 0.3) is 0 Å². The van der Waals surface area contributed by atoms with Crippen molar-refractivity contribution in [2.45, 2.75) is 37.9 Å². The zero-order valence-electron chi connectivity index (χ0n) is 18.3. The van der Waals surface area contributed by atoms with Crippen molar-refractivity contribution < 1.29 is 17.5 Å². The van der Waals surface area contributed by atoms with Crippen LogP contribution < -0.4 is 4.74 Å². The van der Waals surface area contributed by atoms with Crippen LogP contribution in [0.2, 0.25) is 0 Å². The quantitative estimate of drug-likeness (QED) is 0.722. The van der Waals surface area contributed by atoms with Crippen LogP contribution in [0.5, 0.6) is 5.75 Å². The Balaban J connectivity index is 1.59. The molecule has 31 heavy (non-hydrogen) atoms.